The number of piperazine rings is 1. The third-order valence-electron chi connectivity index (χ3n) is 3.45. The highest BCUT2D eigenvalue weighted by Crippen LogP contribution is 2.42. The molecule has 0 radical (unpaired) electrons. The van der Waals surface area contributed by atoms with Gasteiger partial charge in [0.05, 0.1) is 12.0 Å². The molecule has 0 bridgehead atoms. The number of nitrogens with zero attached hydrogens (tertiary/aromatic N) is 2. The van der Waals surface area contributed by atoms with Gasteiger partial charge in [0, 0.05) is 26.2 Å². The van der Waals surface area contributed by atoms with Gasteiger partial charge in [-0.3, -0.25) is 9.69 Å². The lowest BCUT2D eigenvalue weighted by Gasteiger charge is -2.49. The van der Waals surface area contributed by atoms with Gasteiger partial charge >= 0.3 is 5.97 Å². The molecule has 0 atom stereocenters. The molecule has 1 aliphatic carbocycles. The summed E-state index contributed by atoms with van der Waals surface area (Å²) in [5.74, 6) is -1.09. The molecule has 0 aromatic carbocycles. The second kappa shape index (κ2) is 3.80. The Bertz CT molecular complexity index is 298. The highest BCUT2D eigenvalue weighted by atomic mass is 16.4. The summed E-state index contributed by atoms with van der Waals surface area (Å²) >= 11 is 0. The van der Waals surface area contributed by atoms with E-state index in [2.05, 4.69) is 16.3 Å². The van der Waals surface area contributed by atoms with Gasteiger partial charge in [-0.2, -0.15) is 5.26 Å². The van der Waals surface area contributed by atoms with Crippen molar-refractivity contribution in [2.45, 2.75) is 18.4 Å². The van der Waals surface area contributed by atoms with Crippen LogP contribution in [0, 0.1) is 17.2 Å². The van der Waals surface area contributed by atoms with Crippen LogP contribution in [0.2, 0.25) is 0 Å². The molecular formula is C10H15N3O2. The molecule has 5 nitrogen and oxygen atoms in total. The molecule has 15 heavy (non-hydrogen) atoms. The lowest BCUT2D eigenvalue weighted by molar-refractivity contribution is -0.149. The van der Waals surface area contributed by atoms with Crippen LogP contribution in [0.25, 0.3) is 0 Å². The van der Waals surface area contributed by atoms with Crippen LogP contribution in [-0.2, 0) is 4.79 Å². The van der Waals surface area contributed by atoms with Gasteiger partial charge in [0.15, 0.2) is 0 Å². The van der Waals surface area contributed by atoms with Crippen LogP contribution in [0.1, 0.15) is 12.8 Å². The SMILES string of the molecule is N#CC1(N2CCNCC2)CC(C(=O)O)C1. The molecule has 82 valence electrons. The Balaban J connectivity index is 2.00. The number of aliphatic carboxylic acids is 1. The third kappa shape index (κ3) is 1.71. The first kappa shape index (κ1) is 10.4. The van der Waals surface area contributed by atoms with Crippen molar-refractivity contribution < 1.29 is 9.90 Å². The van der Waals surface area contributed by atoms with E-state index in [0.29, 0.717) is 12.8 Å². The molecule has 1 saturated carbocycles. The van der Waals surface area contributed by atoms with Crippen molar-refractivity contribution >= 4 is 5.97 Å². The second-order valence-corrected chi connectivity index (χ2v) is 4.32. The summed E-state index contributed by atoms with van der Waals surface area (Å²) in [5, 5.41) is 21.2. The normalized spacial score (nSPS) is 36.6. The topological polar surface area (TPSA) is 76.4 Å². The number of rotatable bonds is 2. The molecule has 1 aliphatic heterocycles. The molecule has 5 heteroatoms. The van der Waals surface area contributed by atoms with E-state index in [1.165, 1.54) is 0 Å². The van der Waals surface area contributed by atoms with E-state index in [9.17, 15) is 10.1 Å². The molecule has 1 saturated heterocycles. The average molecular weight is 209 g/mol. The predicted octanol–water partition coefficient (Wildman–Crippen LogP) is -0.351. The first-order chi connectivity index (χ1) is 7.18. The smallest absolute Gasteiger partial charge is 0.306 e. The van der Waals surface area contributed by atoms with Crippen LogP contribution >= 0.6 is 0 Å². The van der Waals surface area contributed by atoms with Gasteiger partial charge in [-0.1, -0.05) is 0 Å². The van der Waals surface area contributed by atoms with Gasteiger partial charge in [0.25, 0.3) is 0 Å². The number of nitrogens with one attached hydrogen (secondary N) is 1. The predicted molar refractivity (Wildman–Crippen MR) is 53.1 cm³/mol. The number of hydrogen-bond donors (Lipinski definition) is 2. The quantitative estimate of drug-likeness (QED) is 0.650. The van der Waals surface area contributed by atoms with Crippen LogP contribution < -0.4 is 5.32 Å². The lowest BCUT2D eigenvalue weighted by Crippen LogP contribution is -2.62. The average Bonchev–Trinajstić information content (AvgIpc) is 2.18. The highest BCUT2D eigenvalue weighted by Gasteiger charge is 2.51. The first-order valence-corrected chi connectivity index (χ1v) is 5.28. The van der Waals surface area contributed by atoms with Crippen molar-refractivity contribution in [3.8, 4) is 6.07 Å². The minimum absolute atomic E-state index is 0.320. The summed E-state index contributed by atoms with van der Waals surface area (Å²) in [6.45, 7) is 3.47. The van der Waals surface area contributed by atoms with Crippen molar-refractivity contribution in [2.75, 3.05) is 26.2 Å². The van der Waals surface area contributed by atoms with E-state index in [1.807, 2.05) is 0 Å². The number of nitriles is 1. The lowest BCUT2D eigenvalue weighted by atomic mass is 9.68. The molecule has 0 amide bonds. The summed E-state index contributed by atoms with van der Waals surface area (Å²) in [5.41, 5.74) is -0.495. The number of hydrogen-bond acceptors (Lipinski definition) is 4. The van der Waals surface area contributed by atoms with E-state index < -0.39 is 11.5 Å². The van der Waals surface area contributed by atoms with Crippen LogP contribution in [0.3, 0.4) is 0 Å². The first-order valence-electron chi connectivity index (χ1n) is 5.28. The van der Waals surface area contributed by atoms with Crippen LogP contribution in [-0.4, -0.2) is 47.7 Å². The minimum Gasteiger partial charge on any atom is -0.481 e. The molecular weight excluding hydrogens is 194 g/mol. The Morgan fingerprint density at radius 1 is 1.47 bits per heavy atom. The minimum atomic E-state index is -0.768. The zero-order valence-electron chi connectivity index (χ0n) is 8.57. The van der Waals surface area contributed by atoms with E-state index in [4.69, 9.17) is 5.11 Å². The fraction of sp³-hybridized carbons (Fsp3) is 0.800. The second-order valence-electron chi connectivity index (χ2n) is 4.32. The van der Waals surface area contributed by atoms with Crippen molar-refractivity contribution in [1.29, 1.82) is 5.26 Å². The monoisotopic (exact) mass is 209 g/mol. The standard InChI is InChI=1S/C10H15N3O2/c11-7-10(5-8(6-10)9(14)15)13-3-1-12-2-4-13/h8,12H,1-6H2,(H,14,15). The maximum absolute atomic E-state index is 10.7. The van der Waals surface area contributed by atoms with Gasteiger partial charge in [0.2, 0.25) is 0 Å². The van der Waals surface area contributed by atoms with E-state index in [1.54, 1.807) is 0 Å². The Morgan fingerprint density at radius 3 is 2.53 bits per heavy atom. The van der Waals surface area contributed by atoms with Crippen LogP contribution in [0.15, 0.2) is 0 Å². The zero-order valence-corrected chi connectivity index (χ0v) is 8.57. The van der Waals surface area contributed by atoms with Crippen LogP contribution in [0.5, 0.6) is 0 Å². The van der Waals surface area contributed by atoms with Gasteiger partial charge < -0.3 is 10.4 Å². The van der Waals surface area contributed by atoms with Crippen molar-refractivity contribution in [3.63, 3.8) is 0 Å². The van der Waals surface area contributed by atoms with Gasteiger partial charge in [-0.15, -0.1) is 0 Å². The molecule has 2 fully saturated rings. The van der Waals surface area contributed by atoms with Gasteiger partial charge in [0.1, 0.15) is 5.54 Å². The number of carboxylic acid groups (broad SMARTS) is 1. The van der Waals surface area contributed by atoms with E-state index >= 15 is 0 Å². The van der Waals surface area contributed by atoms with Gasteiger partial charge in [-0.05, 0) is 12.8 Å². The van der Waals surface area contributed by atoms with E-state index in [0.717, 1.165) is 26.2 Å². The Kier molecular flexibility index (Phi) is 2.63. The summed E-state index contributed by atoms with van der Waals surface area (Å²) in [4.78, 5) is 12.9. The fourth-order valence-corrected chi connectivity index (χ4v) is 2.44. The molecule has 0 aromatic rings. The maximum Gasteiger partial charge on any atom is 0.306 e. The van der Waals surface area contributed by atoms with Crippen molar-refractivity contribution in [1.82, 2.24) is 10.2 Å². The molecule has 0 aromatic heterocycles. The number of carbonyl (C=O) groups is 1. The Hall–Kier alpha value is -1.12. The largest absolute Gasteiger partial charge is 0.481 e. The van der Waals surface area contributed by atoms with Gasteiger partial charge in [-0.25, -0.2) is 0 Å². The molecule has 2 aliphatic rings. The highest BCUT2D eigenvalue weighted by molar-refractivity contribution is 5.72. The van der Waals surface area contributed by atoms with E-state index in [-0.39, 0.29) is 5.92 Å². The fourth-order valence-electron chi connectivity index (χ4n) is 2.44. The zero-order chi connectivity index (χ0) is 10.9. The van der Waals surface area contributed by atoms with Crippen molar-refractivity contribution in [3.05, 3.63) is 0 Å². The molecule has 2 N–H and O–H groups in total. The number of carboxylic acids is 1. The summed E-state index contributed by atoms with van der Waals surface area (Å²) in [6, 6.07) is 2.30. The van der Waals surface area contributed by atoms with Crippen LogP contribution in [0.4, 0.5) is 0 Å². The molecule has 0 unspecified atom stereocenters. The maximum atomic E-state index is 10.7. The Morgan fingerprint density at radius 2 is 2.07 bits per heavy atom. The molecule has 0 spiro atoms. The van der Waals surface area contributed by atoms with Crippen molar-refractivity contribution in [2.24, 2.45) is 5.92 Å². The summed E-state index contributed by atoms with van der Waals surface area (Å²) < 4.78 is 0. The molecule has 1 heterocycles. The summed E-state index contributed by atoms with van der Waals surface area (Å²) in [7, 11) is 0. The Labute approximate surface area is 88.7 Å². The molecule has 2 rings (SSSR count). The summed E-state index contributed by atoms with van der Waals surface area (Å²) in [6.07, 6.45) is 0.970. The third-order valence-corrected chi connectivity index (χ3v) is 3.45.